The third-order valence-electron chi connectivity index (χ3n) is 2.54. The lowest BCUT2D eigenvalue weighted by Gasteiger charge is -2.09. The molecule has 0 bridgehead atoms. The van der Waals surface area contributed by atoms with Crippen molar-refractivity contribution in [2.24, 2.45) is 0 Å². The van der Waals surface area contributed by atoms with Crippen molar-refractivity contribution in [3.05, 3.63) is 47.7 Å². The maximum absolute atomic E-state index is 11.0. The number of pyridine rings is 1. The van der Waals surface area contributed by atoms with Crippen LogP contribution < -0.4 is 10.6 Å². The van der Waals surface area contributed by atoms with Gasteiger partial charge >= 0.3 is 0 Å². The normalized spacial score (nSPS) is 9.65. The summed E-state index contributed by atoms with van der Waals surface area (Å²) in [5.74, 6) is 0.476. The van der Waals surface area contributed by atoms with Crippen LogP contribution in [0.2, 0.25) is 0 Å². The molecule has 1 aromatic heterocycles. The highest BCUT2D eigenvalue weighted by molar-refractivity contribution is 5.89. The number of nitrogens with zero attached hydrogens (tertiary/aromatic N) is 2. The van der Waals surface area contributed by atoms with Gasteiger partial charge in [-0.15, -0.1) is 0 Å². The van der Waals surface area contributed by atoms with Crippen LogP contribution in [0.5, 0.6) is 0 Å². The third-order valence-corrected chi connectivity index (χ3v) is 2.54. The third kappa shape index (κ3) is 3.56. The number of amides is 1. The molecule has 1 amide bonds. The predicted molar refractivity (Wildman–Crippen MR) is 77.7 cm³/mol. The lowest BCUT2D eigenvalue weighted by atomic mass is 10.2. The van der Waals surface area contributed by atoms with Gasteiger partial charge in [-0.1, -0.05) is 6.07 Å². The number of nitriles is 1. The number of rotatable bonds is 3. The molecule has 2 N–H and O–H groups in total. The Balaban J connectivity index is 2.24. The molecule has 0 radical (unpaired) electrons. The lowest BCUT2D eigenvalue weighted by Crippen LogP contribution is -2.05. The number of hydrogen-bond donors (Lipinski definition) is 2. The van der Waals surface area contributed by atoms with E-state index >= 15 is 0 Å². The van der Waals surface area contributed by atoms with Crippen LogP contribution in [0.25, 0.3) is 0 Å². The van der Waals surface area contributed by atoms with Gasteiger partial charge < -0.3 is 10.6 Å². The van der Waals surface area contributed by atoms with Gasteiger partial charge in [0, 0.05) is 24.0 Å². The fourth-order valence-corrected chi connectivity index (χ4v) is 1.82. The SMILES string of the molecule is CC(=O)Nc1cccc(Nc2cc(C#N)cc(C)n2)c1. The van der Waals surface area contributed by atoms with Crippen molar-refractivity contribution in [2.75, 3.05) is 10.6 Å². The largest absolute Gasteiger partial charge is 0.340 e. The maximum atomic E-state index is 11.0. The molecule has 2 aromatic rings. The van der Waals surface area contributed by atoms with Gasteiger partial charge in [0.25, 0.3) is 0 Å². The summed E-state index contributed by atoms with van der Waals surface area (Å²) in [6.45, 7) is 3.29. The van der Waals surface area contributed by atoms with Gasteiger partial charge in [0.2, 0.25) is 5.91 Å². The number of aromatic nitrogens is 1. The molecule has 0 spiro atoms. The summed E-state index contributed by atoms with van der Waals surface area (Å²) in [5, 5.41) is 14.8. The Morgan fingerprint density at radius 1 is 1.25 bits per heavy atom. The fraction of sp³-hybridized carbons (Fsp3) is 0.133. The van der Waals surface area contributed by atoms with E-state index in [1.54, 1.807) is 24.3 Å². The second kappa shape index (κ2) is 5.85. The molecule has 0 aliphatic rings. The summed E-state index contributed by atoms with van der Waals surface area (Å²) in [6.07, 6.45) is 0. The van der Waals surface area contributed by atoms with E-state index < -0.39 is 0 Å². The molecule has 0 aliphatic heterocycles. The summed E-state index contributed by atoms with van der Waals surface area (Å²) < 4.78 is 0. The number of anilines is 3. The van der Waals surface area contributed by atoms with Crippen LogP contribution in [-0.4, -0.2) is 10.9 Å². The molecular weight excluding hydrogens is 252 g/mol. The summed E-state index contributed by atoms with van der Waals surface area (Å²) in [5.41, 5.74) is 2.82. The minimum absolute atomic E-state index is 0.123. The molecular formula is C15H14N4O. The van der Waals surface area contributed by atoms with Gasteiger partial charge in [-0.25, -0.2) is 4.98 Å². The van der Waals surface area contributed by atoms with E-state index in [0.717, 1.165) is 11.4 Å². The fourth-order valence-electron chi connectivity index (χ4n) is 1.82. The summed E-state index contributed by atoms with van der Waals surface area (Å²) >= 11 is 0. The van der Waals surface area contributed by atoms with Crippen LogP contribution in [-0.2, 0) is 4.79 Å². The first-order valence-electron chi connectivity index (χ1n) is 6.10. The number of carbonyl (C=O) groups is 1. The molecule has 0 atom stereocenters. The predicted octanol–water partition coefficient (Wildman–Crippen LogP) is 2.96. The molecule has 5 heteroatoms. The zero-order chi connectivity index (χ0) is 14.5. The molecule has 1 aromatic carbocycles. The van der Waals surface area contributed by atoms with Crippen molar-refractivity contribution in [1.82, 2.24) is 4.98 Å². The van der Waals surface area contributed by atoms with Crippen molar-refractivity contribution < 1.29 is 4.79 Å². The maximum Gasteiger partial charge on any atom is 0.221 e. The van der Waals surface area contributed by atoms with E-state index in [4.69, 9.17) is 5.26 Å². The van der Waals surface area contributed by atoms with Crippen molar-refractivity contribution in [3.8, 4) is 6.07 Å². The Morgan fingerprint density at radius 2 is 2.00 bits per heavy atom. The number of aryl methyl sites for hydroxylation is 1. The van der Waals surface area contributed by atoms with E-state index in [2.05, 4.69) is 21.7 Å². The molecule has 5 nitrogen and oxygen atoms in total. The van der Waals surface area contributed by atoms with Crippen LogP contribution >= 0.6 is 0 Å². The first-order chi connectivity index (χ1) is 9.56. The second-order valence-electron chi connectivity index (χ2n) is 4.38. The Morgan fingerprint density at radius 3 is 2.70 bits per heavy atom. The summed E-state index contributed by atoms with van der Waals surface area (Å²) in [7, 11) is 0. The van der Waals surface area contributed by atoms with Gasteiger partial charge in [0.15, 0.2) is 0 Å². The second-order valence-corrected chi connectivity index (χ2v) is 4.38. The van der Waals surface area contributed by atoms with E-state index in [0.29, 0.717) is 17.1 Å². The van der Waals surface area contributed by atoms with Gasteiger partial charge in [-0.05, 0) is 37.3 Å². The molecule has 0 saturated heterocycles. The van der Waals surface area contributed by atoms with Crippen molar-refractivity contribution >= 4 is 23.1 Å². The van der Waals surface area contributed by atoms with Crippen LogP contribution in [0.4, 0.5) is 17.2 Å². The average molecular weight is 266 g/mol. The highest BCUT2D eigenvalue weighted by atomic mass is 16.1. The first-order valence-corrected chi connectivity index (χ1v) is 6.10. The van der Waals surface area contributed by atoms with E-state index in [1.807, 2.05) is 19.1 Å². The highest BCUT2D eigenvalue weighted by Gasteiger charge is 2.02. The van der Waals surface area contributed by atoms with Crippen molar-refractivity contribution in [2.45, 2.75) is 13.8 Å². The molecule has 0 aliphatic carbocycles. The Bertz CT molecular complexity index is 689. The zero-order valence-electron chi connectivity index (χ0n) is 11.3. The number of benzene rings is 1. The Kier molecular flexibility index (Phi) is 3.96. The summed E-state index contributed by atoms with van der Waals surface area (Å²) in [4.78, 5) is 15.3. The smallest absolute Gasteiger partial charge is 0.221 e. The zero-order valence-corrected chi connectivity index (χ0v) is 11.3. The molecule has 100 valence electrons. The van der Waals surface area contributed by atoms with E-state index in [1.165, 1.54) is 6.92 Å². The van der Waals surface area contributed by atoms with Crippen molar-refractivity contribution in [3.63, 3.8) is 0 Å². The quantitative estimate of drug-likeness (QED) is 0.895. The minimum Gasteiger partial charge on any atom is -0.340 e. The highest BCUT2D eigenvalue weighted by Crippen LogP contribution is 2.20. The monoisotopic (exact) mass is 266 g/mol. The summed E-state index contributed by atoms with van der Waals surface area (Å²) in [6, 6.07) is 12.8. The molecule has 0 unspecified atom stereocenters. The minimum atomic E-state index is -0.123. The lowest BCUT2D eigenvalue weighted by molar-refractivity contribution is -0.114. The number of carbonyl (C=O) groups excluding carboxylic acids is 1. The molecule has 0 fully saturated rings. The van der Waals surface area contributed by atoms with Gasteiger partial charge in [-0.2, -0.15) is 5.26 Å². The van der Waals surface area contributed by atoms with Gasteiger partial charge in [0.05, 0.1) is 11.6 Å². The molecule has 1 heterocycles. The number of nitrogens with one attached hydrogen (secondary N) is 2. The van der Waals surface area contributed by atoms with Crippen molar-refractivity contribution in [1.29, 1.82) is 5.26 Å². The Labute approximate surface area is 117 Å². The average Bonchev–Trinajstić information content (AvgIpc) is 2.37. The van der Waals surface area contributed by atoms with Crippen LogP contribution in [0, 0.1) is 18.3 Å². The standard InChI is InChI=1S/C15H14N4O/c1-10-6-12(9-16)7-15(17-10)19-14-5-3-4-13(8-14)18-11(2)20/h3-8H,1-2H3,(H,17,19)(H,18,20). The van der Waals surface area contributed by atoms with Crippen LogP contribution in [0.15, 0.2) is 36.4 Å². The van der Waals surface area contributed by atoms with Gasteiger partial charge in [-0.3, -0.25) is 4.79 Å². The molecule has 0 saturated carbocycles. The van der Waals surface area contributed by atoms with Crippen LogP contribution in [0.3, 0.4) is 0 Å². The van der Waals surface area contributed by atoms with E-state index in [9.17, 15) is 4.79 Å². The topological polar surface area (TPSA) is 77.8 Å². The molecule has 2 rings (SSSR count). The van der Waals surface area contributed by atoms with Crippen LogP contribution in [0.1, 0.15) is 18.2 Å². The van der Waals surface area contributed by atoms with E-state index in [-0.39, 0.29) is 5.91 Å². The molecule has 20 heavy (non-hydrogen) atoms. The van der Waals surface area contributed by atoms with Gasteiger partial charge in [0.1, 0.15) is 5.82 Å². The Hall–Kier alpha value is -2.87. The number of hydrogen-bond acceptors (Lipinski definition) is 4. The first kappa shape index (κ1) is 13.6.